The van der Waals surface area contributed by atoms with Gasteiger partial charge in [-0.05, 0) is 19.4 Å². The van der Waals surface area contributed by atoms with Gasteiger partial charge in [-0.25, -0.2) is 8.42 Å². The summed E-state index contributed by atoms with van der Waals surface area (Å²) in [6, 6.07) is 7.22. The van der Waals surface area contributed by atoms with Gasteiger partial charge in [0.25, 0.3) is 0 Å². The first kappa shape index (κ1) is 14.1. The minimum Gasteiger partial charge on any atom is -0.490 e. The Labute approximate surface area is 113 Å². The maximum Gasteiger partial charge on any atom is 0.154 e. The molecule has 0 saturated heterocycles. The molecule has 0 N–H and O–H groups in total. The number of sulfone groups is 1. The van der Waals surface area contributed by atoms with E-state index in [1.807, 2.05) is 12.1 Å². The van der Waals surface area contributed by atoms with E-state index >= 15 is 0 Å². The zero-order valence-corrected chi connectivity index (χ0v) is 11.9. The molecule has 1 aliphatic rings. The van der Waals surface area contributed by atoms with E-state index in [2.05, 4.69) is 0 Å². The van der Waals surface area contributed by atoms with Crippen molar-refractivity contribution in [3.05, 3.63) is 29.8 Å². The number of benzene rings is 1. The molecule has 1 aliphatic heterocycles. The topological polar surface area (TPSA) is 60.4 Å². The predicted octanol–water partition coefficient (Wildman–Crippen LogP) is 2.29. The van der Waals surface area contributed by atoms with Crippen LogP contribution < -0.4 is 4.74 Å². The average Bonchev–Trinajstić information content (AvgIpc) is 2.34. The number of hydrogen-bond acceptors (Lipinski definition) is 4. The molecule has 0 amide bonds. The lowest BCUT2D eigenvalue weighted by molar-refractivity contribution is -0.117. The second-order valence-corrected chi connectivity index (χ2v) is 7.30. The number of hydrogen-bond donors (Lipinski definition) is 0. The third-order valence-electron chi connectivity index (χ3n) is 3.37. The number of carbonyl (C=O) groups is 1. The molecular weight excluding hydrogens is 264 g/mol. The highest BCUT2D eigenvalue weighted by Crippen LogP contribution is 2.40. The zero-order valence-electron chi connectivity index (χ0n) is 11.1. The summed E-state index contributed by atoms with van der Waals surface area (Å²) in [5.41, 5.74) is 0.726. The van der Waals surface area contributed by atoms with E-state index in [9.17, 15) is 13.2 Å². The first-order chi connectivity index (χ1) is 8.88. The normalized spacial score (nSPS) is 22.4. The zero-order chi connectivity index (χ0) is 14.0. The molecule has 0 spiro atoms. The molecule has 19 heavy (non-hydrogen) atoms. The molecule has 0 fully saturated rings. The number of rotatable bonds is 4. The van der Waals surface area contributed by atoms with Gasteiger partial charge >= 0.3 is 0 Å². The SMILES string of the molecule is CC(=O)CC[C@H]1CC(S(C)(=O)=O)c2ccccc2O1. The monoisotopic (exact) mass is 282 g/mol. The molecule has 5 heteroatoms. The van der Waals surface area contributed by atoms with Crippen molar-refractivity contribution >= 4 is 15.6 Å². The quantitative estimate of drug-likeness (QED) is 0.850. The van der Waals surface area contributed by atoms with Crippen molar-refractivity contribution < 1.29 is 17.9 Å². The van der Waals surface area contributed by atoms with E-state index in [4.69, 9.17) is 4.74 Å². The number of ether oxygens (including phenoxy) is 1. The van der Waals surface area contributed by atoms with E-state index < -0.39 is 15.1 Å². The molecule has 2 atom stereocenters. The van der Waals surface area contributed by atoms with Crippen LogP contribution in [0.25, 0.3) is 0 Å². The van der Waals surface area contributed by atoms with Crippen molar-refractivity contribution in [3.63, 3.8) is 0 Å². The molecule has 1 aromatic carbocycles. The van der Waals surface area contributed by atoms with E-state index in [0.717, 1.165) is 5.56 Å². The fourth-order valence-electron chi connectivity index (χ4n) is 2.39. The highest BCUT2D eigenvalue weighted by molar-refractivity contribution is 7.90. The van der Waals surface area contributed by atoms with Crippen LogP contribution in [0.4, 0.5) is 0 Å². The summed E-state index contributed by atoms with van der Waals surface area (Å²) in [5, 5.41) is -0.533. The van der Waals surface area contributed by atoms with Crippen molar-refractivity contribution in [1.82, 2.24) is 0 Å². The van der Waals surface area contributed by atoms with Crippen LogP contribution >= 0.6 is 0 Å². The Kier molecular flexibility index (Phi) is 3.94. The molecule has 1 unspecified atom stereocenters. The smallest absolute Gasteiger partial charge is 0.154 e. The van der Waals surface area contributed by atoms with Crippen molar-refractivity contribution in [1.29, 1.82) is 0 Å². The molecule has 0 aromatic heterocycles. The molecule has 1 heterocycles. The van der Waals surface area contributed by atoms with Crippen LogP contribution in [-0.2, 0) is 14.6 Å². The Bertz CT molecular complexity index is 577. The van der Waals surface area contributed by atoms with Gasteiger partial charge in [-0.15, -0.1) is 0 Å². The third kappa shape index (κ3) is 3.35. The molecule has 2 rings (SSSR count). The van der Waals surface area contributed by atoms with Gasteiger partial charge in [0.05, 0.1) is 5.25 Å². The van der Waals surface area contributed by atoms with Crippen LogP contribution in [0.2, 0.25) is 0 Å². The van der Waals surface area contributed by atoms with Gasteiger partial charge in [0.2, 0.25) is 0 Å². The van der Waals surface area contributed by atoms with Crippen molar-refractivity contribution in [2.75, 3.05) is 6.26 Å². The summed E-state index contributed by atoms with van der Waals surface area (Å²) in [4.78, 5) is 11.0. The maximum absolute atomic E-state index is 11.9. The third-order valence-corrected chi connectivity index (χ3v) is 4.85. The predicted molar refractivity (Wildman–Crippen MR) is 73.0 cm³/mol. The second-order valence-electron chi connectivity index (χ2n) is 5.07. The average molecular weight is 282 g/mol. The fourth-order valence-corrected chi connectivity index (χ4v) is 3.61. The number of fused-ring (bicyclic) bond motifs is 1. The Morgan fingerprint density at radius 3 is 2.68 bits per heavy atom. The summed E-state index contributed by atoms with van der Waals surface area (Å²) in [6.07, 6.45) is 2.45. The molecular formula is C14H18O4S. The summed E-state index contributed by atoms with van der Waals surface area (Å²) in [5.74, 6) is 0.719. The number of Topliss-reactive ketones (excluding diaryl/α,β-unsaturated/α-hetero) is 1. The van der Waals surface area contributed by atoms with Gasteiger partial charge in [0.1, 0.15) is 17.6 Å². The number of ketones is 1. The van der Waals surface area contributed by atoms with E-state index in [1.165, 1.54) is 13.2 Å². The van der Waals surface area contributed by atoms with Crippen molar-refractivity contribution in [3.8, 4) is 5.75 Å². The Morgan fingerprint density at radius 2 is 2.05 bits per heavy atom. The Hall–Kier alpha value is -1.36. The standard InChI is InChI=1S/C14H18O4S/c1-10(15)7-8-11-9-14(19(2,16)17)12-5-3-4-6-13(12)18-11/h3-6,11,14H,7-9H2,1-2H3/t11-,14?/m0/s1. The first-order valence-corrected chi connectivity index (χ1v) is 8.27. The first-order valence-electron chi connectivity index (χ1n) is 6.32. The van der Waals surface area contributed by atoms with E-state index in [-0.39, 0.29) is 11.9 Å². The van der Waals surface area contributed by atoms with E-state index in [0.29, 0.717) is 25.0 Å². The number of para-hydroxylation sites is 1. The lowest BCUT2D eigenvalue weighted by atomic mass is 9.98. The molecule has 0 aliphatic carbocycles. The van der Waals surface area contributed by atoms with Crippen LogP contribution in [0.5, 0.6) is 5.75 Å². The van der Waals surface area contributed by atoms with Crippen LogP contribution in [0, 0.1) is 0 Å². The fraction of sp³-hybridized carbons (Fsp3) is 0.500. The van der Waals surface area contributed by atoms with Gasteiger partial charge in [-0.2, -0.15) is 0 Å². The van der Waals surface area contributed by atoms with Gasteiger partial charge in [-0.3, -0.25) is 0 Å². The Morgan fingerprint density at radius 1 is 1.37 bits per heavy atom. The van der Waals surface area contributed by atoms with Gasteiger partial charge < -0.3 is 9.53 Å². The highest BCUT2D eigenvalue weighted by Gasteiger charge is 2.34. The van der Waals surface area contributed by atoms with Gasteiger partial charge in [0, 0.05) is 24.7 Å². The minimum absolute atomic E-state index is 0.0957. The molecule has 4 nitrogen and oxygen atoms in total. The van der Waals surface area contributed by atoms with Crippen LogP contribution in [0.1, 0.15) is 37.0 Å². The molecule has 1 aromatic rings. The summed E-state index contributed by atoms with van der Waals surface area (Å²) in [7, 11) is -3.18. The second kappa shape index (κ2) is 5.33. The van der Waals surface area contributed by atoms with Crippen molar-refractivity contribution in [2.24, 2.45) is 0 Å². The molecule has 0 bridgehead atoms. The highest BCUT2D eigenvalue weighted by atomic mass is 32.2. The number of carbonyl (C=O) groups excluding carboxylic acids is 1. The summed E-state index contributed by atoms with van der Waals surface area (Å²) < 4.78 is 29.6. The van der Waals surface area contributed by atoms with Crippen LogP contribution in [0.15, 0.2) is 24.3 Å². The van der Waals surface area contributed by atoms with E-state index in [1.54, 1.807) is 12.1 Å². The van der Waals surface area contributed by atoms with Crippen LogP contribution in [-0.4, -0.2) is 26.6 Å². The summed E-state index contributed by atoms with van der Waals surface area (Å²) in [6.45, 7) is 1.53. The molecule has 104 valence electrons. The van der Waals surface area contributed by atoms with Crippen molar-refractivity contribution in [2.45, 2.75) is 37.5 Å². The van der Waals surface area contributed by atoms with Gasteiger partial charge in [0.15, 0.2) is 9.84 Å². The lowest BCUT2D eigenvalue weighted by Crippen LogP contribution is -2.29. The largest absolute Gasteiger partial charge is 0.490 e. The molecule has 0 saturated carbocycles. The molecule has 0 radical (unpaired) electrons. The summed E-state index contributed by atoms with van der Waals surface area (Å²) >= 11 is 0. The maximum atomic E-state index is 11.9. The van der Waals surface area contributed by atoms with Gasteiger partial charge in [-0.1, -0.05) is 18.2 Å². The van der Waals surface area contributed by atoms with Crippen LogP contribution in [0.3, 0.4) is 0 Å². The Balaban J connectivity index is 2.27. The minimum atomic E-state index is -3.18. The lowest BCUT2D eigenvalue weighted by Gasteiger charge is -2.31.